The summed E-state index contributed by atoms with van der Waals surface area (Å²) in [6.07, 6.45) is 0. The number of anilines is 6. The van der Waals surface area contributed by atoms with Gasteiger partial charge in [0.05, 0.1) is 5.59 Å². The van der Waals surface area contributed by atoms with Crippen LogP contribution in [-0.4, -0.2) is 16.3 Å². The first-order valence-corrected chi connectivity index (χ1v) is 25.0. The van der Waals surface area contributed by atoms with Crippen molar-refractivity contribution in [3.05, 3.63) is 161 Å². The van der Waals surface area contributed by atoms with E-state index in [9.17, 15) is 0 Å². The molecule has 0 radical (unpaired) electrons. The molecule has 9 rings (SSSR count). The minimum atomic E-state index is -0.153. The minimum Gasteiger partial charge on any atom is -0.311 e. The van der Waals surface area contributed by atoms with E-state index >= 15 is 0 Å². The predicted molar refractivity (Wildman–Crippen MR) is 295 cm³/mol. The van der Waals surface area contributed by atoms with Crippen LogP contribution >= 0.6 is 0 Å². The van der Waals surface area contributed by atoms with Crippen LogP contribution in [0.5, 0.6) is 0 Å². The van der Waals surface area contributed by atoms with Gasteiger partial charge in [0.2, 0.25) is 0 Å². The first-order chi connectivity index (χ1) is 31.5. The van der Waals surface area contributed by atoms with Crippen molar-refractivity contribution in [3.8, 4) is 17.1 Å². The van der Waals surface area contributed by atoms with Gasteiger partial charge in [-0.05, 0) is 131 Å². The molecule has 0 saturated carbocycles. The Morgan fingerprint density at radius 2 is 0.809 bits per heavy atom. The zero-order chi connectivity index (χ0) is 49.3. The monoisotopic (exact) mass is 899 g/mol. The number of hydrogen-bond acceptors (Lipinski definition) is 3. The Morgan fingerprint density at radius 3 is 1.28 bits per heavy atom. The molecule has 68 heavy (non-hydrogen) atoms. The van der Waals surface area contributed by atoms with Crippen LogP contribution in [0.3, 0.4) is 0 Å². The fourth-order valence-corrected chi connectivity index (χ4v) is 10.1. The standard InChI is InChI=1S/C63H75BN4/c1-58(2,3)41-29-27-40(28-30-41)56-65-55-57(68(56)47-23-20-19-21-24-47)67(49-37-45(62(13,14)15)34-46(38-49)63(16,17)18)53-26-22-25-52-54(53)64(55)50-39-42(59(4,5)6)31-32-51(50)66(52)48-35-43(60(7,8)9)33-44(36-48)61(10,11)12/h19-39H,1-18H3. The van der Waals surface area contributed by atoms with Gasteiger partial charge < -0.3 is 4.90 Å². The van der Waals surface area contributed by atoms with E-state index in [-0.39, 0.29) is 39.2 Å². The van der Waals surface area contributed by atoms with Crippen molar-refractivity contribution < 1.29 is 0 Å². The van der Waals surface area contributed by atoms with Gasteiger partial charge in [0.25, 0.3) is 6.71 Å². The number of aromatic nitrogens is 2. The molecule has 0 unspecified atom stereocenters. The summed E-state index contributed by atoms with van der Waals surface area (Å²) >= 11 is 0. The molecule has 7 aromatic rings. The lowest BCUT2D eigenvalue weighted by molar-refractivity contribution is 0.568. The molecule has 0 aliphatic carbocycles. The molecule has 0 amide bonds. The Labute approximate surface area is 410 Å². The van der Waals surface area contributed by atoms with E-state index in [4.69, 9.17) is 4.98 Å². The highest BCUT2D eigenvalue weighted by Gasteiger charge is 2.47. The first-order valence-electron chi connectivity index (χ1n) is 25.0. The second kappa shape index (κ2) is 15.9. The number of rotatable bonds is 4. The average molecular weight is 899 g/mol. The van der Waals surface area contributed by atoms with E-state index in [0.717, 1.165) is 34.2 Å². The van der Waals surface area contributed by atoms with Crippen molar-refractivity contribution >= 4 is 57.5 Å². The summed E-state index contributed by atoms with van der Waals surface area (Å²) < 4.78 is 2.46. The number of imidazole rings is 1. The van der Waals surface area contributed by atoms with E-state index in [1.807, 2.05) is 0 Å². The van der Waals surface area contributed by atoms with E-state index in [0.29, 0.717) is 0 Å². The van der Waals surface area contributed by atoms with Gasteiger partial charge >= 0.3 is 0 Å². The van der Waals surface area contributed by atoms with Gasteiger partial charge in [-0.25, -0.2) is 4.98 Å². The highest BCUT2D eigenvalue weighted by atomic mass is 15.3. The summed E-state index contributed by atoms with van der Waals surface area (Å²) in [7, 11) is 0. The molecule has 0 N–H and O–H groups in total. The third-order valence-electron chi connectivity index (χ3n) is 14.5. The number of para-hydroxylation sites is 1. The third kappa shape index (κ3) is 8.32. The van der Waals surface area contributed by atoms with Gasteiger partial charge in [-0.3, -0.25) is 9.47 Å². The molecule has 4 nitrogen and oxygen atoms in total. The molecule has 0 saturated heterocycles. The zero-order valence-electron chi connectivity index (χ0n) is 44.5. The molecule has 0 atom stereocenters. The predicted octanol–water partition coefficient (Wildman–Crippen LogP) is 15.4. The summed E-state index contributed by atoms with van der Waals surface area (Å²) in [5.41, 5.74) is 19.3. The molecular formula is C63H75BN4. The van der Waals surface area contributed by atoms with Gasteiger partial charge in [-0.1, -0.05) is 197 Å². The maximum atomic E-state index is 6.02. The van der Waals surface area contributed by atoms with E-state index < -0.39 is 0 Å². The SMILES string of the molecule is CC(C)(C)c1ccc(-c2nc3c(n2-c2ccccc2)N(c2cc(C(C)(C)C)cc(C(C)(C)C)c2)c2cccc4c2B3c2cc(C(C)(C)C)ccc2N4c2cc(C(C)(C)C)cc(C(C)(C)C)c2)cc1. The smallest absolute Gasteiger partial charge is 0.277 e. The van der Waals surface area contributed by atoms with Gasteiger partial charge in [-0.15, -0.1) is 0 Å². The lowest BCUT2D eigenvalue weighted by Crippen LogP contribution is -2.62. The summed E-state index contributed by atoms with van der Waals surface area (Å²) in [5, 5.41) is 0. The van der Waals surface area contributed by atoms with Gasteiger partial charge in [0.1, 0.15) is 11.6 Å². The summed E-state index contributed by atoms with van der Waals surface area (Å²) in [6.45, 7) is 41.8. The van der Waals surface area contributed by atoms with Crippen molar-refractivity contribution in [2.45, 2.75) is 157 Å². The molecule has 1 aromatic heterocycles. The Kier molecular flexibility index (Phi) is 11.0. The van der Waals surface area contributed by atoms with E-state index in [1.165, 1.54) is 67.1 Å². The molecule has 2 aliphatic rings. The van der Waals surface area contributed by atoms with Crippen molar-refractivity contribution in [2.24, 2.45) is 0 Å². The first kappa shape index (κ1) is 47.3. The molecule has 0 fully saturated rings. The molecule has 350 valence electrons. The fraction of sp³-hybridized carbons (Fsp3) is 0.381. The van der Waals surface area contributed by atoms with Crippen LogP contribution in [0.15, 0.2) is 127 Å². The lowest BCUT2D eigenvalue weighted by Gasteiger charge is -2.44. The maximum absolute atomic E-state index is 6.02. The average Bonchev–Trinajstić information content (AvgIpc) is 3.64. The molecule has 0 spiro atoms. The normalized spacial score (nSPS) is 14.2. The zero-order valence-corrected chi connectivity index (χ0v) is 44.5. The van der Waals surface area contributed by atoms with Crippen molar-refractivity contribution in [2.75, 3.05) is 9.80 Å². The summed E-state index contributed by atoms with van der Waals surface area (Å²) in [5.74, 6) is 2.02. The highest BCUT2D eigenvalue weighted by molar-refractivity contribution is 7.00. The number of nitrogens with zero attached hydrogens (tertiary/aromatic N) is 4. The van der Waals surface area contributed by atoms with Crippen molar-refractivity contribution in [3.63, 3.8) is 0 Å². The molecule has 0 bridgehead atoms. The summed E-state index contributed by atoms with van der Waals surface area (Å²) in [4.78, 5) is 11.2. The van der Waals surface area contributed by atoms with Crippen molar-refractivity contribution in [1.29, 1.82) is 0 Å². The Morgan fingerprint density at radius 1 is 0.368 bits per heavy atom. The van der Waals surface area contributed by atoms with E-state index in [2.05, 4.69) is 266 Å². The van der Waals surface area contributed by atoms with Crippen LogP contribution in [0, 0.1) is 0 Å². The van der Waals surface area contributed by atoms with Gasteiger partial charge in [0, 0.05) is 39.7 Å². The van der Waals surface area contributed by atoms with Gasteiger partial charge in [0.15, 0.2) is 0 Å². The molecule has 5 heteroatoms. The van der Waals surface area contributed by atoms with Gasteiger partial charge in [-0.2, -0.15) is 0 Å². The van der Waals surface area contributed by atoms with E-state index in [1.54, 1.807) is 0 Å². The van der Waals surface area contributed by atoms with Crippen LogP contribution < -0.4 is 26.3 Å². The number of fused-ring (bicyclic) bond motifs is 4. The Balaban J connectivity index is 1.46. The maximum Gasteiger partial charge on any atom is 0.277 e. The molecule has 2 aliphatic heterocycles. The van der Waals surface area contributed by atoms with Crippen molar-refractivity contribution in [1.82, 2.24) is 9.55 Å². The largest absolute Gasteiger partial charge is 0.311 e. The van der Waals surface area contributed by atoms with Crippen LogP contribution in [0.1, 0.15) is 158 Å². The quantitative estimate of drug-likeness (QED) is 0.165. The highest BCUT2D eigenvalue weighted by Crippen LogP contribution is 2.48. The molecular weight excluding hydrogens is 824 g/mol. The molecule has 6 aromatic carbocycles. The number of hydrogen-bond donors (Lipinski definition) is 0. The lowest BCUT2D eigenvalue weighted by atomic mass is 9.35. The second-order valence-electron chi connectivity index (χ2n) is 26.0. The fourth-order valence-electron chi connectivity index (χ4n) is 10.1. The summed E-state index contributed by atoms with van der Waals surface area (Å²) in [6, 6.07) is 49.1. The minimum absolute atomic E-state index is 0.0206. The van der Waals surface area contributed by atoms with Crippen LogP contribution in [-0.2, 0) is 32.5 Å². The van der Waals surface area contributed by atoms with Crippen LogP contribution in [0.25, 0.3) is 17.1 Å². The van der Waals surface area contributed by atoms with Crippen LogP contribution in [0.2, 0.25) is 0 Å². The molecule has 3 heterocycles. The third-order valence-corrected chi connectivity index (χ3v) is 14.5. The second-order valence-corrected chi connectivity index (χ2v) is 26.0. The Hall–Kier alpha value is -5.81. The topological polar surface area (TPSA) is 24.3 Å². The Bertz CT molecular complexity index is 2990. The van der Waals surface area contributed by atoms with Crippen LogP contribution in [0.4, 0.5) is 34.3 Å². The number of benzene rings is 6.